The third kappa shape index (κ3) is 3.57. The van der Waals surface area contributed by atoms with E-state index in [4.69, 9.17) is 5.26 Å². The quantitative estimate of drug-likeness (QED) is 0.862. The summed E-state index contributed by atoms with van der Waals surface area (Å²) in [6.07, 6.45) is 0.304. The van der Waals surface area contributed by atoms with Gasteiger partial charge in [0.25, 0.3) is 0 Å². The van der Waals surface area contributed by atoms with Crippen molar-refractivity contribution in [2.24, 2.45) is 11.3 Å². The lowest BCUT2D eigenvalue weighted by molar-refractivity contribution is 0.0868. The topological polar surface area (TPSA) is 44.0 Å². The molecular weight excluding hydrogens is 210 g/mol. The van der Waals surface area contributed by atoms with Crippen LogP contribution in [0.1, 0.15) is 44.9 Å². The van der Waals surface area contributed by atoms with Crippen LogP contribution in [0.15, 0.2) is 24.3 Å². The number of rotatable bonds is 4. The molecule has 1 aromatic carbocycles. The van der Waals surface area contributed by atoms with Gasteiger partial charge in [-0.05, 0) is 37.3 Å². The minimum absolute atomic E-state index is 0.626. The van der Waals surface area contributed by atoms with Gasteiger partial charge in [0.1, 0.15) is 0 Å². The first-order chi connectivity index (χ1) is 7.86. The van der Waals surface area contributed by atoms with Crippen molar-refractivity contribution in [1.82, 2.24) is 0 Å². The van der Waals surface area contributed by atoms with Crippen molar-refractivity contribution in [2.45, 2.75) is 40.2 Å². The molecule has 0 amide bonds. The molecule has 1 N–H and O–H groups in total. The Labute approximate surface area is 104 Å². The molecule has 0 heterocycles. The summed E-state index contributed by atoms with van der Waals surface area (Å²) < 4.78 is 0. The minimum Gasteiger partial charge on any atom is -0.387 e. The van der Waals surface area contributed by atoms with Crippen LogP contribution < -0.4 is 0 Å². The predicted octanol–water partition coefficient (Wildman–Crippen LogP) is 3.47. The zero-order chi connectivity index (χ0) is 13.1. The summed E-state index contributed by atoms with van der Waals surface area (Å²) in [5.41, 5.74) is 1.33. The maximum absolute atomic E-state index is 10.1. The highest BCUT2D eigenvalue weighted by Crippen LogP contribution is 2.32. The van der Waals surface area contributed by atoms with Crippen LogP contribution in [0.25, 0.3) is 0 Å². The van der Waals surface area contributed by atoms with Crippen LogP contribution >= 0.6 is 0 Å². The molecule has 1 atom stereocenters. The molecule has 0 aliphatic heterocycles. The smallest absolute Gasteiger partial charge is 0.0970 e. The highest BCUT2D eigenvalue weighted by Gasteiger charge is 2.28. The molecule has 0 radical (unpaired) electrons. The van der Waals surface area contributed by atoms with Crippen molar-refractivity contribution >= 4 is 0 Å². The summed E-state index contributed by atoms with van der Waals surface area (Å²) in [5, 5.41) is 19.1. The lowest BCUT2D eigenvalue weighted by atomic mass is 9.84. The predicted molar refractivity (Wildman–Crippen MR) is 69.3 cm³/mol. The molecular formula is C15H21NO. The molecule has 0 fully saturated rings. The van der Waals surface area contributed by atoms with Crippen LogP contribution in [0.4, 0.5) is 0 Å². The van der Waals surface area contributed by atoms with Gasteiger partial charge in [-0.15, -0.1) is 0 Å². The van der Waals surface area contributed by atoms with E-state index in [1.807, 2.05) is 24.3 Å². The SMILES string of the molecule is CC(C)Cc1ccc(C(O)C(C)(C)C#N)cc1. The molecule has 17 heavy (non-hydrogen) atoms. The van der Waals surface area contributed by atoms with Gasteiger partial charge in [0, 0.05) is 0 Å². The van der Waals surface area contributed by atoms with Crippen LogP contribution in [0, 0.1) is 22.7 Å². The monoisotopic (exact) mass is 231 g/mol. The second-order valence-electron chi connectivity index (χ2n) is 5.58. The Morgan fingerprint density at radius 1 is 1.24 bits per heavy atom. The standard InChI is InChI=1S/C15H21NO/c1-11(2)9-12-5-7-13(8-6-12)14(17)15(3,4)10-16/h5-8,11,14,17H,9H2,1-4H3. The molecule has 0 spiro atoms. The third-order valence-electron chi connectivity index (χ3n) is 2.91. The molecule has 2 heteroatoms. The molecule has 0 saturated carbocycles. The van der Waals surface area contributed by atoms with Crippen LogP contribution in [-0.4, -0.2) is 5.11 Å². The minimum atomic E-state index is -0.750. The maximum atomic E-state index is 10.1. The fourth-order valence-corrected chi connectivity index (χ4v) is 1.79. The number of nitrogens with zero attached hydrogens (tertiary/aromatic N) is 1. The van der Waals surface area contributed by atoms with Gasteiger partial charge < -0.3 is 5.11 Å². The third-order valence-corrected chi connectivity index (χ3v) is 2.91. The average molecular weight is 231 g/mol. The van der Waals surface area contributed by atoms with Crippen LogP contribution in [0.3, 0.4) is 0 Å². The van der Waals surface area contributed by atoms with Gasteiger partial charge >= 0.3 is 0 Å². The molecule has 1 unspecified atom stereocenters. The molecule has 0 aliphatic rings. The molecule has 92 valence electrons. The van der Waals surface area contributed by atoms with E-state index in [-0.39, 0.29) is 0 Å². The van der Waals surface area contributed by atoms with E-state index in [1.54, 1.807) is 13.8 Å². The van der Waals surface area contributed by atoms with Gasteiger partial charge in [-0.3, -0.25) is 0 Å². The largest absolute Gasteiger partial charge is 0.387 e. The average Bonchev–Trinajstić information content (AvgIpc) is 2.28. The number of hydrogen-bond acceptors (Lipinski definition) is 2. The molecule has 0 saturated heterocycles. The summed E-state index contributed by atoms with van der Waals surface area (Å²) in [4.78, 5) is 0. The summed E-state index contributed by atoms with van der Waals surface area (Å²) in [5.74, 6) is 0.626. The van der Waals surface area contributed by atoms with E-state index >= 15 is 0 Å². The summed E-state index contributed by atoms with van der Waals surface area (Å²) >= 11 is 0. The molecule has 0 aromatic heterocycles. The Hall–Kier alpha value is -1.33. The zero-order valence-corrected chi connectivity index (χ0v) is 11.1. The Morgan fingerprint density at radius 3 is 2.18 bits per heavy atom. The normalized spacial score (nSPS) is 13.5. The van der Waals surface area contributed by atoms with Crippen LogP contribution in [-0.2, 0) is 6.42 Å². The second kappa shape index (κ2) is 5.33. The van der Waals surface area contributed by atoms with Gasteiger partial charge in [0.15, 0.2) is 0 Å². The first-order valence-corrected chi connectivity index (χ1v) is 6.05. The van der Waals surface area contributed by atoms with E-state index in [1.165, 1.54) is 5.56 Å². The van der Waals surface area contributed by atoms with Crippen molar-refractivity contribution in [1.29, 1.82) is 5.26 Å². The summed E-state index contributed by atoms with van der Waals surface area (Å²) in [7, 11) is 0. The first-order valence-electron chi connectivity index (χ1n) is 6.05. The molecule has 0 aliphatic carbocycles. The zero-order valence-electron chi connectivity index (χ0n) is 11.1. The summed E-state index contributed by atoms with van der Waals surface area (Å²) in [6.45, 7) is 7.86. The van der Waals surface area contributed by atoms with Crippen molar-refractivity contribution < 1.29 is 5.11 Å². The molecule has 0 bridgehead atoms. The van der Waals surface area contributed by atoms with E-state index < -0.39 is 11.5 Å². The molecule has 1 aromatic rings. The lowest BCUT2D eigenvalue weighted by Crippen LogP contribution is -2.19. The van der Waals surface area contributed by atoms with E-state index in [9.17, 15) is 5.11 Å². The second-order valence-corrected chi connectivity index (χ2v) is 5.58. The number of benzene rings is 1. The maximum Gasteiger partial charge on any atom is 0.0970 e. The van der Waals surface area contributed by atoms with Gasteiger partial charge in [-0.25, -0.2) is 0 Å². The van der Waals surface area contributed by atoms with Crippen molar-refractivity contribution in [3.05, 3.63) is 35.4 Å². The van der Waals surface area contributed by atoms with Crippen molar-refractivity contribution in [3.63, 3.8) is 0 Å². The van der Waals surface area contributed by atoms with E-state index in [2.05, 4.69) is 19.9 Å². The highest BCUT2D eigenvalue weighted by atomic mass is 16.3. The van der Waals surface area contributed by atoms with Gasteiger partial charge in [0.05, 0.1) is 17.6 Å². The highest BCUT2D eigenvalue weighted by molar-refractivity contribution is 5.26. The number of nitriles is 1. The lowest BCUT2D eigenvalue weighted by Gasteiger charge is -2.23. The fourth-order valence-electron chi connectivity index (χ4n) is 1.79. The number of hydrogen-bond donors (Lipinski definition) is 1. The van der Waals surface area contributed by atoms with Crippen molar-refractivity contribution in [2.75, 3.05) is 0 Å². The Kier molecular flexibility index (Phi) is 4.31. The van der Waals surface area contributed by atoms with Crippen LogP contribution in [0.5, 0.6) is 0 Å². The number of aliphatic hydroxyl groups is 1. The Morgan fingerprint density at radius 2 is 1.76 bits per heavy atom. The van der Waals surface area contributed by atoms with Gasteiger partial charge in [-0.1, -0.05) is 38.1 Å². The Bertz CT molecular complexity index is 398. The Balaban J connectivity index is 2.85. The van der Waals surface area contributed by atoms with Gasteiger partial charge in [-0.2, -0.15) is 5.26 Å². The van der Waals surface area contributed by atoms with Gasteiger partial charge in [0.2, 0.25) is 0 Å². The fraction of sp³-hybridized carbons (Fsp3) is 0.533. The van der Waals surface area contributed by atoms with Crippen molar-refractivity contribution in [3.8, 4) is 6.07 Å². The van der Waals surface area contributed by atoms with Crippen LogP contribution in [0.2, 0.25) is 0 Å². The summed E-state index contributed by atoms with van der Waals surface area (Å²) in [6, 6.07) is 10.0. The first kappa shape index (κ1) is 13.7. The molecule has 1 rings (SSSR count). The molecule has 2 nitrogen and oxygen atoms in total. The van der Waals surface area contributed by atoms with E-state index in [0.717, 1.165) is 12.0 Å². The van der Waals surface area contributed by atoms with E-state index in [0.29, 0.717) is 5.92 Å². The number of aliphatic hydroxyl groups excluding tert-OH is 1.